The third kappa shape index (κ3) is 1.40. The van der Waals surface area contributed by atoms with E-state index in [0.717, 1.165) is 0 Å². The van der Waals surface area contributed by atoms with Gasteiger partial charge in [0, 0.05) is 12.5 Å². The fraction of sp³-hybridized carbons (Fsp3) is 1.00. The van der Waals surface area contributed by atoms with E-state index < -0.39 is 6.29 Å². The summed E-state index contributed by atoms with van der Waals surface area (Å²) < 4.78 is 4.80. The molecule has 0 aliphatic carbocycles. The van der Waals surface area contributed by atoms with E-state index in [9.17, 15) is 0 Å². The molecular weight excluding hydrogens is 122 g/mol. The van der Waals surface area contributed by atoms with E-state index in [2.05, 4.69) is 0 Å². The van der Waals surface area contributed by atoms with Gasteiger partial charge in [0.2, 0.25) is 0 Å². The quantitative estimate of drug-likeness (QED) is 0.403. The molecule has 0 saturated carbocycles. The van der Waals surface area contributed by atoms with Gasteiger partial charge in [0.15, 0.2) is 6.29 Å². The van der Waals surface area contributed by atoms with Crippen molar-refractivity contribution in [3.8, 4) is 0 Å². The van der Waals surface area contributed by atoms with E-state index in [1.165, 1.54) is 0 Å². The molecular formula is C5H11NO3. The molecule has 4 nitrogen and oxygen atoms in total. The first kappa shape index (κ1) is 6.95. The Morgan fingerprint density at radius 2 is 2.33 bits per heavy atom. The standard InChI is InChI=1S/C5H11NO3/c6-3-1-5(8)9-4(3)2-7/h3-5,7-8H,1-2,6H2/t3-,4+,5?/m0/s1. The molecule has 0 bridgehead atoms. The molecule has 1 fully saturated rings. The van der Waals surface area contributed by atoms with Crippen LogP contribution in [0.15, 0.2) is 0 Å². The van der Waals surface area contributed by atoms with Crippen molar-refractivity contribution in [1.29, 1.82) is 0 Å². The molecule has 4 heteroatoms. The first-order valence-electron chi connectivity index (χ1n) is 2.94. The predicted octanol–water partition coefficient (Wildman–Crippen LogP) is -1.59. The van der Waals surface area contributed by atoms with Crippen LogP contribution in [0.25, 0.3) is 0 Å². The molecule has 1 rings (SSSR count). The zero-order valence-corrected chi connectivity index (χ0v) is 5.03. The topological polar surface area (TPSA) is 75.7 Å². The van der Waals surface area contributed by atoms with Crippen LogP contribution in [0.5, 0.6) is 0 Å². The van der Waals surface area contributed by atoms with E-state index in [1.54, 1.807) is 0 Å². The van der Waals surface area contributed by atoms with Gasteiger partial charge >= 0.3 is 0 Å². The Morgan fingerprint density at radius 1 is 1.67 bits per heavy atom. The van der Waals surface area contributed by atoms with Gasteiger partial charge in [-0.3, -0.25) is 0 Å². The summed E-state index contributed by atoms with van der Waals surface area (Å²) in [5.41, 5.74) is 5.43. The van der Waals surface area contributed by atoms with Crippen LogP contribution in [0.3, 0.4) is 0 Å². The minimum atomic E-state index is -0.780. The van der Waals surface area contributed by atoms with E-state index in [-0.39, 0.29) is 18.8 Å². The summed E-state index contributed by atoms with van der Waals surface area (Å²) in [7, 11) is 0. The number of aliphatic hydroxyl groups is 2. The van der Waals surface area contributed by atoms with E-state index in [1.807, 2.05) is 0 Å². The summed E-state index contributed by atoms with van der Waals surface area (Å²) in [6.45, 7) is -0.113. The van der Waals surface area contributed by atoms with Gasteiger partial charge in [-0.1, -0.05) is 0 Å². The molecule has 1 saturated heterocycles. The summed E-state index contributed by atoms with van der Waals surface area (Å²) >= 11 is 0. The molecule has 1 heterocycles. The fourth-order valence-electron chi connectivity index (χ4n) is 0.921. The highest BCUT2D eigenvalue weighted by Crippen LogP contribution is 2.15. The SMILES string of the molecule is N[C@H]1CC(O)O[C@@H]1CO. The fourth-order valence-corrected chi connectivity index (χ4v) is 0.921. The molecule has 4 N–H and O–H groups in total. The second-order valence-corrected chi connectivity index (χ2v) is 2.21. The van der Waals surface area contributed by atoms with E-state index >= 15 is 0 Å². The van der Waals surface area contributed by atoms with Crippen molar-refractivity contribution < 1.29 is 14.9 Å². The lowest BCUT2D eigenvalue weighted by Gasteiger charge is -2.08. The van der Waals surface area contributed by atoms with E-state index in [4.69, 9.17) is 20.7 Å². The highest BCUT2D eigenvalue weighted by atomic mass is 16.6. The van der Waals surface area contributed by atoms with Gasteiger partial charge in [0.25, 0.3) is 0 Å². The lowest BCUT2D eigenvalue weighted by molar-refractivity contribution is -0.102. The lowest BCUT2D eigenvalue weighted by atomic mass is 10.2. The maximum Gasteiger partial charge on any atom is 0.156 e. The number of aliphatic hydroxyl groups excluding tert-OH is 2. The van der Waals surface area contributed by atoms with Crippen LogP contribution in [-0.4, -0.2) is 35.3 Å². The molecule has 1 aliphatic rings. The van der Waals surface area contributed by atoms with Crippen LogP contribution in [0.1, 0.15) is 6.42 Å². The Morgan fingerprint density at radius 3 is 2.56 bits per heavy atom. The van der Waals surface area contributed by atoms with Gasteiger partial charge in [-0.25, -0.2) is 0 Å². The van der Waals surface area contributed by atoms with Crippen LogP contribution < -0.4 is 5.73 Å². The van der Waals surface area contributed by atoms with Crippen molar-refractivity contribution in [3.63, 3.8) is 0 Å². The molecule has 1 aliphatic heterocycles. The predicted molar refractivity (Wildman–Crippen MR) is 30.6 cm³/mol. The third-order valence-corrected chi connectivity index (χ3v) is 1.46. The molecule has 1 unspecified atom stereocenters. The summed E-state index contributed by atoms with van der Waals surface area (Å²) in [5, 5.41) is 17.3. The molecule has 0 spiro atoms. The Balaban J connectivity index is 2.38. The number of hydrogen-bond donors (Lipinski definition) is 3. The van der Waals surface area contributed by atoms with Crippen LogP contribution >= 0.6 is 0 Å². The van der Waals surface area contributed by atoms with Crippen molar-refractivity contribution in [1.82, 2.24) is 0 Å². The Kier molecular flexibility index (Phi) is 2.02. The molecule has 0 aromatic carbocycles. The van der Waals surface area contributed by atoms with Crippen molar-refractivity contribution in [2.75, 3.05) is 6.61 Å². The number of nitrogens with two attached hydrogens (primary N) is 1. The zero-order chi connectivity index (χ0) is 6.85. The van der Waals surface area contributed by atoms with Gasteiger partial charge in [-0.05, 0) is 0 Å². The smallest absolute Gasteiger partial charge is 0.156 e. The minimum Gasteiger partial charge on any atom is -0.394 e. The van der Waals surface area contributed by atoms with Crippen molar-refractivity contribution in [3.05, 3.63) is 0 Å². The minimum absolute atomic E-state index is 0.113. The molecule has 0 aromatic heterocycles. The number of ether oxygens (including phenoxy) is 1. The molecule has 0 aromatic rings. The summed E-state index contributed by atoms with van der Waals surface area (Å²) in [5.74, 6) is 0. The largest absolute Gasteiger partial charge is 0.394 e. The molecule has 54 valence electrons. The molecule has 3 atom stereocenters. The monoisotopic (exact) mass is 133 g/mol. The molecule has 0 amide bonds. The maximum absolute atomic E-state index is 8.79. The first-order chi connectivity index (χ1) is 4.24. The maximum atomic E-state index is 8.79. The average molecular weight is 133 g/mol. The van der Waals surface area contributed by atoms with Crippen molar-refractivity contribution in [2.24, 2.45) is 5.73 Å². The summed E-state index contributed by atoms with van der Waals surface area (Å²) in [4.78, 5) is 0. The summed E-state index contributed by atoms with van der Waals surface area (Å²) in [6, 6.07) is -0.218. The Hall–Kier alpha value is -0.160. The van der Waals surface area contributed by atoms with Crippen molar-refractivity contribution >= 4 is 0 Å². The normalized spacial score (nSPS) is 43.7. The average Bonchev–Trinajstić information content (AvgIpc) is 2.10. The van der Waals surface area contributed by atoms with E-state index in [0.29, 0.717) is 6.42 Å². The van der Waals surface area contributed by atoms with Crippen LogP contribution in [0.2, 0.25) is 0 Å². The Labute approximate surface area is 53.2 Å². The van der Waals surface area contributed by atoms with Crippen molar-refractivity contribution in [2.45, 2.75) is 24.9 Å². The van der Waals surface area contributed by atoms with Gasteiger partial charge in [0.05, 0.1) is 12.7 Å². The van der Waals surface area contributed by atoms with Crippen LogP contribution in [0, 0.1) is 0 Å². The van der Waals surface area contributed by atoms with Crippen LogP contribution in [0.4, 0.5) is 0 Å². The first-order valence-corrected chi connectivity index (χ1v) is 2.94. The second-order valence-electron chi connectivity index (χ2n) is 2.21. The van der Waals surface area contributed by atoms with Gasteiger partial charge in [-0.15, -0.1) is 0 Å². The highest BCUT2D eigenvalue weighted by molar-refractivity contribution is 4.79. The highest BCUT2D eigenvalue weighted by Gasteiger charge is 2.30. The molecule has 0 radical (unpaired) electrons. The van der Waals surface area contributed by atoms with Crippen LogP contribution in [-0.2, 0) is 4.74 Å². The number of hydrogen-bond acceptors (Lipinski definition) is 4. The van der Waals surface area contributed by atoms with Gasteiger partial charge in [0.1, 0.15) is 0 Å². The second kappa shape index (κ2) is 2.62. The summed E-state index contributed by atoms with van der Waals surface area (Å²) in [6.07, 6.45) is -0.734. The third-order valence-electron chi connectivity index (χ3n) is 1.46. The van der Waals surface area contributed by atoms with Gasteiger partial charge in [-0.2, -0.15) is 0 Å². The zero-order valence-electron chi connectivity index (χ0n) is 5.03. The number of rotatable bonds is 1. The lowest BCUT2D eigenvalue weighted by Crippen LogP contribution is -2.32. The Bertz CT molecular complexity index is 98.2. The molecule has 9 heavy (non-hydrogen) atoms. The van der Waals surface area contributed by atoms with Gasteiger partial charge < -0.3 is 20.7 Å².